The molecule has 0 aliphatic heterocycles. The van der Waals surface area contributed by atoms with E-state index < -0.39 is 23.7 Å². The second-order valence-corrected chi connectivity index (χ2v) is 8.59. The topological polar surface area (TPSA) is 108 Å². The van der Waals surface area contributed by atoms with Gasteiger partial charge in [-0.1, -0.05) is 25.3 Å². The third-order valence-electron chi connectivity index (χ3n) is 6.41. The Morgan fingerprint density at radius 2 is 1.69 bits per heavy atom. The Balaban J connectivity index is 1.78. The van der Waals surface area contributed by atoms with Gasteiger partial charge in [0.1, 0.15) is 23.4 Å². The van der Waals surface area contributed by atoms with Gasteiger partial charge < -0.3 is 20.5 Å². The van der Waals surface area contributed by atoms with Crippen LogP contribution in [0.25, 0.3) is 16.9 Å². The molecule has 0 radical (unpaired) electrons. The Bertz CT molecular complexity index is 1180. The molecule has 1 aliphatic rings. The second-order valence-electron chi connectivity index (χ2n) is 8.59. The summed E-state index contributed by atoms with van der Waals surface area (Å²) in [5, 5.41) is 7.31. The summed E-state index contributed by atoms with van der Waals surface area (Å²) in [6.45, 7) is 0. The van der Waals surface area contributed by atoms with Gasteiger partial charge in [-0.15, -0.1) is 0 Å². The van der Waals surface area contributed by atoms with E-state index in [4.69, 9.17) is 15.2 Å². The normalized spacial score (nSPS) is 14.8. The molecule has 8 nitrogen and oxygen atoms in total. The van der Waals surface area contributed by atoms with Gasteiger partial charge in [-0.25, -0.2) is 9.07 Å². The zero-order chi connectivity index (χ0) is 24.9. The fraction of sp³-hybridized carbons (Fsp3) is 0.346. The van der Waals surface area contributed by atoms with Crippen molar-refractivity contribution < 1.29 is 23.5 Å². The number of nitrogens with one attached hydrogen (secondary N) is 1. The van der Waals surface area contributed by atoms with Gasteiger partial charge in [0.15, 0.2) is 5.69 Å². The first-order valence-electron chi connectivity index (χ1n) is 11.6. The summed E-state index contributed by atoms with van der Waals surface area (Å²) in [6, 6.07) is 11.9. The van der Waals surface area contributed by atoms with Gasteiger partial charge in [-0.05, 0) is 61.2 Å². The van der Waals surface area contributed by atoms with Crippen LogP contribution in [0.4, 0.5) is 4.39 Å². The van der Waals surface area contributed by atoms with E-state index in [2.05, 4.69) is 10.4 Å². The van der Waals surface area contributed by atoms with E-state index in [1.807, 2.05) is 0 Å². The van der Waals surface area contributed by atoms with Gasteiger partial charge in [0.25, 0.3) is 5.91 Å². The van der Waals surface area contributed by atoms with Crippen LogP contribution in [-0.4, -0.2) is 41.9 Å². The molecule has 0 unspecified atom stereocenters. The van der Waals surface area contributed by atoms with Gasteiger partial charge in [0, 0.05) is 0 Å². The number of aromatic nitrogens is 2. The first-order chi connectivity index (χ1) is 16.9. The van der Waals surface area contributed by atoms with Crippen molar-refractivity contribution in [2.24, 2.45) is 11.7 Å². The number of carbonyl (C=O) groups is 2. The van der Waals surface area contributed by atoms with Crippen molar-refractivity contribution in [3.63, 3.8) is 0 Å². The van der Waals surface area contributed by atoms with E-state index in [1.165, 1.54) is 31.0 Å². The lowest BCUT2D eigenvalue weighted by atomic mass is 9.83. The minimum Gasteiger partial charge on any atom is -0.496 e. The number of rotatable bonds is 8. The third kappa shape index (κ3) is 5.13. The number of nitrogens with zero attached hydrogens (tertiary/aromatic N) is 2. The zero-order valence-electron chi connectivity index (χ0n) is 19.8. The van der Waals surface area contributed by atoms with E-state index in [0.29, 0.717) is 28.4 Å². The summed E-state index contributed by atoms with van der Waals surface area (Å²) in [6.07, 6.45) is 4.79. The lowest BCUT2D eigenvalue weighted by Gasteiger charge is -2.28. The highest BCUT2D eigenvalue weighted by atomic mass is 19.1. The molecule has 9 heteroatoms. The van der Waals surface area contributed by atoms with Crippen molar-refractivity contribution in [3.8, 4) is 28.4 Å². The van der Waals surface area contributed by atoms with Crippen LogP contribution in [0.15, 0.2) is 48.5 Å². The highest BCUT2D eigenvalue weighted by Crippen LogP contribution is 2.39. The molecule has 1 fully saturated rings. The highest BCUT2D eigenvalue weighted by molar-refractivity contribution is 5.97. The van der Waals surface area contributed by atoms with Crippen LogP contribution in [-0.2, 0) is 4.79 Å². The van der Waals surface area contributed by atoms with Gasteiger partial charge in [0.05, 0.1) is 31.2 Å². The smallest absolute Gasteiger partial charge is 0.272 e. The van der Waals surface area contributed by atoms with Gasteiger partial charge in [-0.2, -0.15) is 5.10 Å². The lowest BCUT2D eigenvalue weighted by Crippen LogP contribution is -2.49. The molecule has 3 N–H and O–H groups in total. The number of primary amides is 1. The first kappa shape index (κ1) is 24.3. The van der Waals surface area contributed by atoms with E-state index in [1.54, 1.807) is 36.4 Å². The van der Waals surface area contributed by atoms with E-state index in [-0.39, 0.29) is 11.6 Å². The summed E-state index contributed by atoms with van der Waals surface area (Å²) in [7, 11) is 3.07. The molecule has 0 spiro atoms. The van der Waals surface area contributed by atoms with Crippen LogP contribution in [0, 0.1) is 11.7 Å². The van der Waals surface area contributed by atoms with Crippen molar-refractivity contribution in [2.75, 3.05) is 14.2 Å². The molecule has 4 rings (SSSR count). The molecule has 2 aromatic carbocycles. The third-order valence-corrected chi connectivity index (χ3v) is 6.41. The standard InChI is InChI=1S/C26H29FN4O4/c1-34-21-9-6-10-22(35-2)23(21)20-15-19(30-31(20)18-13-11-17(27)12-14-18)26(33)29-24(25(28)32)16-7-4-3-5-8-16/h6,9-16,24H,3-5,7-8H2,1-2H3,(H2,28,32)(H,29,33)/t24-/m0/s1. The lowest BCUT2D eigenvalue weighted by molar-refractivity contribution is -0.121. The van der Waals surface area contributed by atoms with Crippen molar-refractivity contribution >= 4 is 11.8 Å². The molecular weight excluding hydrogens is 451 g/mol. The number of benzene rings is 2. The number of nitrogens with two attached hydrogens (primary N) is 1. The minimum absolute atomic E-state index is 0.00170. The van der Waals surface area contributed by atoms with Crippen molar-refractivity contribution in [1.29, 1.82) is 0 Å². The Kier molecular flexibility index (Phi) is 7.33. The fourth-order valence-electron chi connectivity index (χ4n) is 4.66. The average molecular weight is 481 g/mol. The fourth-order valence-corrected chi connectivity index (χ4v) is 4.66. The van der Waals surface area contributed by atoms with E-state index >= 15 is 0 Å². The molecule has 0 saturated heterocycles. The molecule has 1 saturated carbocycles. The van der Waals surface area contributed by atoms with Crippen LogP contribution in [0.5, 0.6) is 11.5 Å². The quantitative estimate of drug-likeness (QED) is 0.509. The molecule has 2 amide bonds. The Morgan fingerprint density at radius 1 is 1.06 bits per heavy atom. The predicted octanol–water partition coefficient (Wildman–Crippen LogP) is 3.86. The Morgan fingerprint density at radius 3 is 2.26 bits per heavy atom. The molecule has 0 bridgehead atoms. The molecule has 35 heavy (non-hydrogen) atoms. The van der Waals surface area contributed by atoms with E-state index in [9.17, 15) is 14.0 Å². The summed E-state index contributed by atoms with van der Waals surface area (Å²) in [5.74, 6) is -0.455. The van der Waals surface area contributed by atoms with Crippen molar-refractivity contribution in [1.82, 2.24) is 15.1 Å². The van der Waals surface area contributed by atoms with Crippen LogP contribution in [0.2, 0.25) is 0 Å². The molecule has 3 aromatic rings. The number of halogens is 1. The van der Waals surface area contributed by atoms with Crippen LogP contribution in [0.1, 0.15) is 42.6 Å². The highest BCUT2D eigenvalue weighted by Gasteiger charge is 2.31. The van der Waals surface area contributed by atoms with Gasteiger partial charge in [-0.3, -0.25) is 9.59 Å². The predicted molar refractivity (Wildman–Crippen MR) is 129 cm³/mol. The van der Waals surface area contributed by atoms with Gasteiger partial charge in [0.2, 0.25) is 5.91 Å². The molecule has 184 valence electrons. The van der Waals surface area contributed by atoms with Crippen LogP contribution < -0.4 is 20.5 Å². The summed E-state index contributed by atoms with van der Waals surface area (Å²) in [4.78, 5) is 25.5. The minimum atomic E-state index is -0.775. The number of methoxy groups -OCH3 is 2. The average Bonchev–Trinajstić information content (AvgIpc) is 3.32. The number of hydrogen-bond acceptors (Lipinski definition) is 5. The summed E-state index contributed by atoms with van der Waals surface area (Å²) < 4.78 is 26.2. The monoisotopic (exact) mass is 480 g/mol. The number of carbonyl (C=O) groups excluding carboxylic acids is 2. The first-order valence-corrected chi connectivity index (χ1v) is 11.6. The Labute approximate surface area is 203 Å². The number of hydrogen-bond donors (Lipinski definition) is 2. The Hall–Kier alpha value is -3.88. The number of ether oxygens (including phenoxy) is 2. The van der Waals surface area contributed by atoms with E-state index in [0.717, 1.165) is 32.1 Å². The summed E-state index contributed by atoms with van der Waals surface area (Å²) in [5.41, 5.74) is 7.35. The maximum Gasteiger partial charge on any atom is 0.272 e. The maximum atomic E-state index is 13.6. The van der Waals surface area contributed by atoms with Crippen molar-refractivity contribution in [2.45, 2.75) is 38.1 Å². The SMILES string of the molecule is COc1cccc(OC)c1-c1cc(C(=O)N[C@H](C(N)=O)C2CCCCC2)nn1-c1ccc(F)cc1. The van der Waals surface area contributed by atoms with Crippen molar-refractivity contribution in [3.05, 3.63) is 60.0 Å². The number of amides is 2. The zero-order valence-corrected chi connectivity index (χ0v) is 19.8. The van der Waals surface area contributed by atoms with Crippen LogP contribution in [0.3, 0.4) is 0 Å². The second kappa shape index (κ2) is 10.6. The van der Waals surface area contributed by atoms with Crippen LogP contribution >= 0.6 is 0 Å². The molecule has 1 aromatic heterocycles. The molecule has 1 atom stereocenters. The molecular formula is C26H29FN4O4. The molecule has 1 heterocycles. The largest absolute Gasteiger partial charge is 0.496 e. The molecule has 1 aliphatic carbocycles. The maximum absolute atomic E-state index is 13.6. The summed E-state index contributed by atoms with van der Waals surface area (Å²) >= 11 is 0. The van der Waals surface area contributed by atoms with Gasteiger partial charge >= 0.3 is 0 Å².